The number of aryl methyl sites for hydroxylation is 1. The van der Waals surface area contributed by atoms with Crippen LogP contribution in [0, 0.1) is 0 Å². The molecule has 0 spiro atoms. The van der Waals surface area contributed by atoms with E-state index in [4.69, 9.17) is 0 Å². The van der Waals surface area contributed by atoms with Gasteiger partial charge in [0.05, 0.1) is 5.92 Å². The van der Waals surface area contributed by atoms with Crippen LogP contribution in [0.3, 0.4) is 0 Å². The predicted molar refractivity (Wildman–Crippen MR) is 76.2 cm³/mol. The maximum Gasteiger partial charge on any atom is 0.230 e. The average Bonchev–Trinajstić information content (AvgIpc) is 2.46. The molecule has 0 aromatic heterocycles. The van der Waals surface area contributed by atoms with Crippen LogP contribution >= 0.6 is 0 Å². The number of hydrogen-bond acceptors (Lipinski definition) is 2. The standard InChI is InChI=1S/C16H22N2O/c1-12-11-17-9-10-18(12)16(19)15-8-4-6-13-5-2-3-7-14(13)15/h2-3,5,7,12,15,17H,4,6,8-11H2,1H3/t12-,15?/m1/s1. The Kier molecular flexibility index (Phi) is 3.56. The van der Waals surface area contributed by atoms with Gasteiger partial charge in [-0.2, -0.15) is 0 Å². The van der Waals surface area contributed by atoms with Gasteiger partial charge < -0.3 is 10.2 Å². The number of piperazine rings is 1. The normalized spacial score (nSPS) is 26.9. The Balaban J connectivity index is 1.84. The quantitative estimate of drug-likeness (QED) is 0.835. The number of benzene rings is 1. The van der Waals surface area contributed by atoms with E-state index in [1.165, 1.54) is 11.1 Å². The van der Waals surface area contributed by atoms with Crippen LogP contribution in [0.2, 0.25) is 0 Å². The van der Waals surface area contributed by atoms with Crippen molar-refractivity contribution in [3.05, 3.63) is 35.4 Å². The minimum absolute atomic E-state index is 0.0884. The molecule has 3 nitrogen and oxygen atoms in total. The van der Waals surface area contributed by atoms with E-state index < -0.39 is 0 Å². The Labute approximate surface area is 115 Å². The Morgan fingerprint density at radius 2 is 2.21 bits per heavy atom. The van der Waals surface area contributed by atoms with Crippen molar-refractivity contribution >= 4 is 5.91 Å². The van der Waals surface area contributed by atoms with Gasteiger partial charge in [-0.15, -0.1) is 0 Å². The number of rotatable bonds is 1. The Hall–Kier alpha value is -1.35. The Bertz CT molecular complexity index is 472. The maximum atomic E-state index is 12.8. The third-order valence-corrected chi connectivity index (χ3v) is 4.45. The van der Waals surface area contributed by atoms with Crippen LogP contribution in [-0.2, 0) is 11.2 Å². The molecule has 2 atom stereocenters. The summed E-state index contributed by atoms with van der Waals surface area (Å²) >= 11 is 0. The second-order valence-electron chi connectivity index (χ2n) is 5.73. The van der Waals surface area contributed by atoms with Crippen molar-refractivity contribution in [3.8, 4) is 0 Å². The monoisotopic (exact) mass is 258 g/mol. The third kappa shape index (κ3) is 2.39. The highest BCUT2D eigenvalue weighted by atomic mass is 16.2. The lowest BCUT2D eigenvalue weighted by Gasteiger charge is -2.37. The lowest BCUT2D eigenvalue weighted by Crippen LogP contribution is -2.53. The topological polar surface area (TPSA) is 32.3 Å². The molecule has 1 saturated heterocycles. The second-order valence-corrected chi connectivity index (χ2v) is 5.73. The zero-order valence-corrected chi connectivity index (χ0v) is 11.6. The van der Waals surface area contributed by atoms with Gasteiger partial charge in [-0.1, -0.05) is 24.3 Å². The first-order valence-electron chi connectivity index (χ1n) is 7.36. The molecule has 0 saturated carbocycles. The largest absolute Gasteiger partial charge is 0.337 e. The van der Waals surface area contributed by atoms with Gasteiger partial charge in [0.25, 0.3) is 0 Å². The lowest BCUT2D eigenvalue weighted by molar-refractivity contribution is -0.136. The predicted octanol–water partition coefficient (Wildman–Crippen LogP) is 1.93. The van der Waals surface area contributed by atoms with Crippen molar-refractivity contribution < 1.29 is 4.79 Å². The maximum absolute atomic E-state index is 12.8. The molecule has 1 aliphatic heterocycles. The van der Waals surface area contributed by atoms with Crippen molar-refractivity contribution in [2.24, 2.45) is 0 Å². The number of carbonyl (C=O) groups is 1. The molecule has 0 bridgehead atoms. The van der Waals surface area contributed by atoms with Gasteiger partial charge in [0.15, 0.2) is 0 Å². The number of carbonyl (C=O) groups excluding carboxylic acids is 1. The minimum atomic E-state index is 0.0884. The summed E-state index contributed by atoms with van der Waals surface area (Å²) in [6.07, 6.45) is 3.26. The van der Waals surface area contributed by atoms with E-state index in [0.29, 0.717) is 11.9 Å². The van der Waals surface area contributed by atoms with Gasteiger partial charge in [0, 0.05) is 25.7 Å². The van der Waals surface area contributed by atoms with Crippen LogP contribution in [0.25, 0.3) is 0 Å². The van der Waals surface area contributed by atoms with Crippen molar-refractivity contribution in [1.29, 1.82) is 0 Å². The molecule has 3 rings (SSSR count). The molecule has 19 heavy (non-hydrogen) atoms. The van der Waals surface area contributed by atoms with E-state index in [9.17, 15) is 4.79 Å². The zero-order valence-electron chi connectivity index (χ0n) is 11.6. The summed E-state index contributed by atoms with van der Waals surface area (Å²) in [6, 6.07) is 8.78. The van der Waals surface area contributed by atoms with Crippen molar-refractivity contribution in [3.63, 3.8) is 0 Å². The fourth-order valence-electron chi connectivity index (χ4n) is 3.38. The Morgan fingerprint density at radius 3 is 3.05 bits per heavy atom. The van der Waals surface area contributed by atoms with Gasteiger partial charge in [0.2, 0.25) is 5.91 Å². The molecule has 1 aromatic rings. The zero-order chi connectivity index (χ0) is 13.2. The van der Waals surface area contributed by atoms with Gasteiger partial charge in [-0.25, -0.2) is 0 Å². The van der Waals surface area contributed by atoms with Crippen LogP contribution in [0.4, 0.5) is 0 Å². The molecule has 3 heteroatoms. The molecular formula is C16H22N2O. The first-order chi connectivity index (χ1) is 9.27. The van der Waals surface area contributed by atoms with Crippen LogP contribution in [0.1, 0.15) is 36.8 Å². The highest BCUT2D eigenvalue weighted by Gasteiger charge is 2.32. The Morgan fingerprint density at radius 1 is 1.37 bits per heavy atom. The fourth-order valence-corrected chi connectivity index (χ4v) is 3.38. The number of nitrogens with zero attached hydrogens (tertiary/aromatic N) is 1. The molecule has 1 unspecified atom stereocenters. The fraction of sp³-hybridized carbons (Fsp3) is 0.562. The van der Waals surface area contributed by atoms with Crippen LogP contribution in [0.15, 0.2) is 24.3 Å². The summed E-state index contributed by atoms with van der Waals surface area (Å²) < 4.78 is 0. The molecule has 1 aromatic carbocycles. The summed E-state index contributed by atoms with van der Waals surface area (Å²) in [6.45, 7) is 4.82. The van der Waals surface area contributed by atoms with Gasteiger partial charge in [-0.05, 0) is 37.3 Å². The molecular weight excluding hydrogens is 236 g/mol. The third-order valence-electron chi connectivity index (χ3n) is 4.45. The highest BCUT2D eigenvalue weighted by molar-refractivity contribution is 5.84. The number of amides is 1. The molecule has 1 aliphatic carbocycles. The molecule has 1 N–H and O–H groups in total. The second kappa shape index (κ2) is 5.33. The van der Waals surface area contributed by atoms with E-state index >= 15 is 0 Å². The highest BCUT2D eigenvalue weighted by Crippen LogP contribution is 2.33. The van der Waals surface area contributed by atoms with Crippen LogP contribution in [-0.4, -0.2) is 36.5 Å². The number of hydrogen-bond donors (Lipinski definition) is 1. The van der Waals surface area contributed by atoms with Crippen LogP contribution < -0.4 is 5.32 Å². The van der Waals surface area contributed by atoms with Gasteiger partial charge >= 0.3 is 0 Å². The van der Waals surface area contributed by atoms with E-state index in [0.717, 1.165) is 38.9 Å². The lowest BCUT2D eigenvalue weighted by atomic mass is 9.82. The van der Waals surface area contributed by atoms with Crippen molar-refractivity contribution in [2.75, 3.05) is 19.6 Å². The van der Waals surface area contributed by atoms with E-state index in [-0.39, 0.29) is 5.92 Å². The van der Waals surface area contributed by atoms with Gasteiger partial charge in [-0.3, -0.25) is 4.79 Å². The molecule has 2 aliphatic rings. The van der Waals surface area contributed by atoms with Crippen molar-refractivity contribution in [1.82, 2.24) is 10.2 Å². The first kappa shape index (κ1) is 12.7. The van der Waals surface area contributed by atoms with E-state index in [1.807, 2.05) is 0 Å². The van der Waals surface area contributed by atoms with Crippen LogP contribution in [0.5, 0.6) is 0 Å². The molecule has 1 heterocycles. The number of fused-ring (bicyclic) bond motifs is 1. The van der Waals surface area contributed by atoms with Gasteiger partial charge in [0.1, 0.15) is 0 Å². The first-order valence-corrected chi connectivity index (χ1v) is 7.36. The minimum Gasteiger partial charge on any atom is -0.337 e. The smallest absolute Gasteiger partial charge is 0.230 e. The molecule has 1 amide bonds. The summed E-state index contributed by atoms with van der Waals surface area (Å²) in [4.78, 5) is 14.9. The molecule has 102 valence electrons. The summed E-state index contributed by atoms with van der Waals surface area (Å²) in [5, 5.41) is 3.35. The van der Waals surface area contributed by atoms with Crippen molar-refractivity contribution in [2.45, 2.75) is 38.1 Å². The summed E-state index contributed by atoms with van der Waals surface area (Å²) in [7, 11) is 0. The molecule has 0 radical (unpaired) electrons. The van der Waals surface area contributed by atoms with E-state index in [1.54, 1.807) is 0 Å². The summed E-state index contributed by atoms with van der Waals surface area (Å²) in [5.41, 5.74) is 2.64. The summed E-state index contributed by atoms with van der Waals surface area (Å²) in [5.74, 6) is 0.423. The SMILES string of the molecule is C[C@@H]1CNCCN1C(=O)C1CCCc2ccccc21. The molecule has 1 fully saturated rings. The van der Waals surface area contributed by atoms with E-state index in [2.05, 4.69) is 41.4 Å². The average molecular weight is 258 g/mol. The number of nitrogens with one attached hydrogen (secondary N) is 1.